The van der Waals surface area contributed by atoms with Crippen LogP contribution in [-0.2, 0) is 4.79 Å². The Balaban J connectivity index is 2.78. The Kier molecular flexibility index (Phi) is 5.79. The minimum atomic E-state index is -0.839. The maximum atomic E-state index is 10.8. The first kappa shape index (κ1) is 14.1. The van der Waals surface area contributed by atoms with E-state index in [0.717, 1.165) is 17.7 Å². The second-order valence-corrected chi connectivity index (χ2v) is 3.96. The third-order valence-electron chi connectivity index (χ3n) is 2.45. The van der Waals surface area contributed by atoms with Gasteiger partial charge in [-0.2, -0.15) is 0 Å². The standard InChI is InChI=1S/C15H18O3/c1-3-5-13(11-15(16)17)12-6-8-14(9-7-12)18-10-4-2/h6-9,13H,4,10-11H2,1-2H3,(H,16,17). The van der Waals surface area contributed by atoms with E-state index in [1.165, 1.54) is 0 Å². The molecular weight excluding hydrogens is 228 g/mol. The van der Waals surface area contributed by atoms with Gasteiger partial charge in [-0.3, -0.25) is 4.79 Å². The van der Waals surface area contributed by atoms with Crippen LogP contribution < -0.4 is 4.74 Å². The molecule has 3 nitrogen and oxygen atoms in total. The van der Waals surface area contributed by atoms with Crippen LogP contribution >= 0.6 is 0 Å². The Morgan fingerprint density at radius 2 is 2.06 bits per heavy atom. The second kappa shape index (κ2) is 7.39. The number of benzene rings is 1. The van der Waals surface area contributed by atoms with E-state index in [-0.39, 0.29) is 12.3 Å². The monoisotopic (exact) mass is 246 g/mol. The smallest absolute Gasteiger partial charge is 0.304 e. The quantitative estimate of drug-likeness (QED) is 0.785. The van der Waals surface area contributed by atoms with Crippen molar-refractivity contribution in [2.75, 3.05) is 6.61 Å². The third-order valence-corrected chi connectivity index (χ3v) is 2.45. The van der Waals surface area contributed by atoms with E-state index < -0.39 is 5.97 Å². The largest absolute Gasteiger partial charge is 0.494 e. The first-order chi connectivity index (χ1) is 8.67. The molecular formula is C15H18O3. The van der Waals surface area contributed by atoms with Crippen molar-refractivity contribution in [2.45, 2.75) is 32.6 Å². The van der Waals surface area contributed by atoms with Crippen molar-refractivity contribution in [3.63, 3.8) is 0 Å². The number of carboxylic acids is 1. The minimum Gasteiger partial charge on any atom is -0.494 e. The van der Waals surface area contributed by atoms with Gasteiger partial charge in [-0.15, -0.1) is 5.92 Å². The minimum absolute atomic E-state index is 0.0238. The van der Waals surface area contributed by atoms with Gasteiger partial charge in [0.05, 0.1) is 18.9 Å². The van der Waals surface area contributed by atoms with Gasteiger partial charge in [0, 0.05) is 0 Å². The fourth-order valence-corrected chi connectivity index (χ4v) is 1.62. The molecule has 96 valence electrons. The van der Waals surface area contributed by atoms with Crippen molar-refractivity contribution in [1.29, 1.82) is 0 Å². The molecule has 1 aromatic rings. The predicted molar refractivity (Wildman–Crippen MR) is 70.7 cm³/mol. The summed E-state index contributed by atoms with van der Waals surface area (Å²) in [5.41, 5.74) is 0.913. The summed E-state index contributed by atoms with van der Waals surface area (Å²) < 4.78 is 5.48. The van der Waals surface area contributed by atoms with E-state index >= 15 is 0 Å². The van der Waals surface area contributed by atoms with Gasteiger partial charge >= 0.3 is 5.97 Å². The Bertz CT molecular complexity index is 437. The highest BCUT2D eigenvalue weighted by atomic mass is 16.5. The van der Waals surface area contributed by atoms with E-state index in [4.69, 9.17) is 9.84 Å². The van der Waals surface area contributed by atoms with Crippen molar-refractivity contribution < 1.29 is 14.6 Å². The molecule has 0 aliphatic heterocycles. The summed E-state index contributed by atoms with van der Waals surface area (Å²) in [7, 11) is 0. The lowest BCUT2D eigenvalue weighted by molar-refractivity contribution is -0.137. The highest BCUT2D eigenvalue weighted by Gasteiger charge is 2.12. The summed E-state index contributed by atoms with van der Waals surface area (Å²) >= 11 is 0. The first-order valence-electron chi connectivity index (χ1n) is 6.04. The van der Waals surface area contributed by atoms with Crippen LogP contribution in [0.25, 0.3) is 0 Å². The molecule has 0 spiro atoms. The van der Waals surface area contributed by atoms with Crippen LogP contribution in [0.15, 0.2) is 24.3 Å². The van der Waals surface area contributed by atoms with Crippen LogP contribution in [0.3, 0.4) is 0 Å². The van der Waals surface area contributed by atoms with E-state index in [1.54, 1.807) is 6.92 Å². The summed E-state index contributed by atoms with van der Waals surface area (Å²) in [5, 5.41) is 8.85. The van der Waals surface area contributed by atoms with Gasteiger partial charge in [0.15, 0.2) is 0 Å². The number of ether oxygens (including phenoxy) is 1. The highest BCUT2D eigenvalue weighted by molar-refractivity contribution is 5.69. The van der Waals surface area contributed by atoms with Gasteiger partial charge < -0.3 is 9.84 Å². The predicted octanol–water partition coefficient (Wildman–Crippen LogP) is 3.06. The summed E-state index contributed by atoms with van der Waals surface area (Å²) in [6.45, 7) is 4.45. The lowest BCUT2D eigenvalue weighted by Gasteiger charge is -2.10. The summed E-state index contributed by atoms with van der Waals surface area (Å²) in [6, 6.07) is 7.47. The number of rotatable bonds is 6. The van der Waals surface area contributed by atoms with Gasteiger partial charge in [-0.05, 0) is 31.0 Å². The molecule has 0 aliphatic carbocycles. The van der Waals surface area contributed by atoms with Gasteiger partial charge in [0.1, 0.15) is 5.75 Å². The van der Waals surface area contributed by atoms with Crippen molar-refractivity contribution >= 4 is 5.97 Å². The van der Waals surface area contributed by atoms with Crippen LogP contribution in [0.4, 0.5) is 0 Å². The zero-order valence-electron chi connectivity index (χ0n) is 10.8. The number of aliphatic carboxylic acids is 1. The Hall–Kier alpha value is -1.95. The van der Waals surface area contributed by atoms with Crippen molar-refractivity contribution in [3.8, 4) is 17.6 Å². The van der Waals surface area contributed by atoms with Crippen LogP contribution in [0.5, 0.6) is 5.75 Å². The molecule has 0 radical (unpaired) electrons. The normalized spacial score (nSPS) is 11.2. The van der Waals surface area contributed by atoms with Crippen molar-refractivity contribution in [2.24, 2.45) is 0 Å². The average molecular weight is 246 g/mol. The second-order valence-electron chi connectivity index (χ2n) is 3.96. The van der Waals surface area contributed by atoms with Gasteiger partial charge in [0.2, 0.25) is 0 Å². The lowest BCUT2D eigenvalue weighted by Crippen LogP contribution is -2.04. The fourth-order valence-electron chi connectivity index (χ4n) is 1.62. The van der Waals surface area contributed by atoms with E-state index in [1.807, 2.05) is 31.2 Å². The first-order valence-corrected chi connectivity index (χ1v) is 6.04. The van der Waals surface area contributed by atoms with E-state index in [0.29, 0.717) is 6.61 Å². The van der Waals surface area contributed by atoms with Gasteiger partial charge in [-0.25, -0.2) is 0 Å². The number of hydrogen-bond donors (Lipinski definition) is 1. The molecule has 0 aliphatic rings. The summed E-state index contributed by atoms with van der Waals surface area (Å²) in [5.74, 6) is 5.41. The molecule has 1 rings (SSSR count). The molecule has 0 bridgehead atoms. The third kappa shape index (κ3) is 4.50. The zero-order chi connectivity index (χ0) is 13.4. The molecule has 1 atom stereocenters. The molecule has 0 heterocycles. The summed E-state index contributed by atoms with van der Waals surface area (Å²) in [4.78, 5) is 10.8. The van der Waals surface area contributed by atoms with Crippen molar-refractivity contribution in [3.05, 3.63) is 29.8 Å². The Labute approximate surface area is 108 Å². The Morgan fingerprint density at radius 1 is 1.39 bits per heavy atom. The van der Waals surface area contributed by atoms with E-state index in [2.05, 4.69) is 11.8 Å². The number of carboxylic acid groups (broad SMARTS) is 1. The number of hydrogen-bond acceptors (Lipinski definition) is 2. The average Bonchev–Trinajstić information content (AvgIpc) is 2.36. The molecule has 1 N–H and O–H groups in total. The molecule has 1 aromatic carbocycles. The topological polar surface area (TPSA) is 46.5 Å². The molecule has 1 unspecified atom stereocenters. The fraction of sp³-hybridized carbons (Fsp3) is 0.400. The maximum Gasteiger partial charge on any atom is 0.304 e. The SMILES string of the molecule is CC#CC(CC(=O)O)c1ccc(OCCC)cc1. The molecule has 0 saturated carbocycles. The molecule has 3 heteroatoms. The maximum absolute atomic E-state index is 10.8. The molecule has 0 fully saturated rings. The van der Waals surface area contributed by atoms with E-state index in [9.17, 15) is 4.79 Å². The van der Waals surface area contributed by atoms with Crippen LogP contribution in [0, 0.1) is 11.8 Å². The molecule has 0 saturated heterocycles. The van der Waals surface area contributed by atoms with Gasteiger partial charge in [-0.1, -0.05) is 25.0 Å². The highest BCUT2D eigenvalue weighted by Crippen LogP contribution is 2.22. The molecule has 18 heavy (non-hydrogen) atoms. The van der Waals surface area contributed by atoms with Crippen molar-refractivity contribution in [1.82, 2.24) is 0 Å². The van der Waals surface area contributed by atoms with Crippen LogP contribution in [0.2, 0.25) is 0 Å². The number of carbonyl (C=O) groups is 1. The molecule has 0 aromatic heterocycles. The molecule has 0 amide bonds. The summed E-state index contributed by atoms with van der Waals surface area (Å²) in [6.07, 6.45) is 0.987. The van der Waals surface area contributed by atoms with Gasteiger partial charge in [0.25, 0.3) is 0 Å². The zero-order valence-corrected chi connectivity index (χ0v) is 10.8. The van der Waals surface area contributed by atoms with Crippen LogP contribution in [0.1, 0.15) is 38.2 Å². The van der Waals surface area contributed by atoms with Crippen LogP contribution in [-0.4, -0.2) is 17.7 Å². The lowest BCUT2D eigenvalue weighted by atomic mass is 9.96. The Morgan fingerprint density at radius 3 is 2.56 bits per heavy atom.